The van der Waals surface area contributed by atoms with Gasteiger partial charge in [0.2, 0.25) is 0 Å². The highest BCUT2D eigenvalue weighted by atomic mass is 35.5. The van der Waals surface area contributed by atoms with Gasteiger partial charge in [-0.3, -0.25) is 4.79 Å². The minimum atomic E-state index is -0.0295. The predicted octanol–water partition coefficient (Wildman–Crippen LogP) is 3.97. The van der Waals surface area contributed by atoms with Gasteiger partial charge in [-0.15, -0.1) is 0 Å². The van der Waals surface area contributed by atoms with Gasteiger partial charge in [0.15, 0.2) is 5.78 Å². The molecule has 0 saturated heterocycles. The highest BCUT2D eigenvalue weighted by Crippen LogP contribution is 2.15. The maximum Gasteiger partial charge on any atom is 0.194 e. The van der Waals surface area contributed by atoms with Crippen molar-refractivity contribution in [1.29, 1.82) is 0 Å². The standard InChI is InChI=1S/C15H15ClN2O/c1-10-4-3-5-12(6-10)15(19)14-9-18-17-8-13(16)7-11(14)2/h3-9,17-18H,1-2H3. The molecule has 4 heteroatoms. The van der Waals surface area contributed by atoms with Crippen molar-refractivity contribution in [3.63, 3.8) is 0 Å². The van der Waals surface area contributed by atoms with E-state index in [-0.39, 0.29) is 5.78 Å². The van der Waals surface area contributed by atoms with Gasteiger partial charge in [-0.05, 0) is 31.5 Å². The normalized spacial score (nSPS) is 10.1. The largest absolute Gasteiger partial charge is 0.308 e. The lowest BCUT2D eigenvalue weighted by molar-refractivity contribution is 0.103. The molecule has 0 fully saturated rings. The number of hydrogen-bond donors (Lipinski definition) is 2. The number of aromatic nitrogens is 2. The third kappa shape index (κ3) is 3.26. The van der Waals surface area contributed by atoms with E-state index in [1.165, 1.54) is 0 Å². The van der Waals surface area contributed by atoms with E-state index in [1.54, 1.807) is 18.5 Å². The Labute approximate surface area is 116 Å². The average molecular weight is 275 g/mol. The summed E-state index contributed by atoms with van der Waals surface area (Å²) in [6.45, 7) is 3.83. The Morgan fingerprint density at radius 1 is 1.11 bits per heavy atom. The minimum absolute atomic E-state index is 0.0295. The van der Waals surface area contributed by atoms with Gasteiger partial charge in [0.1, 0.15) is 0 Å². The van der Waals surface area contributed by atoms with Crippen LogP contribution in [-0.2, 0) is 0 Å². The molecule has 1 aromatic carbocycles. The zero-order valence-electron chi connectivity index (χ0n) is 10.8. The second-order valence-corrected chi connectivity index (χ2v) is 4.84. The fourth-order valence-corrected chi connectivity index (χ4v) is 2.07. The molecule has 0 unspecified atom stereocenters. The SMILES string of the molecule is Cc1cccc(C(=O)c2c[nH][nH]cc(Cl)cc2C)c1. The van der Waals surface area contributed by atoms with Crippen LogP contribution in [0.2, 0.25) is 5.02 Å². The predicted molar refractivity (Wildman–Crippen MR) is 77.1 cm³/mol. The second-order valence-electron chi connectivity index (χ2n) is 4.40. The van der Waals surface area contributed by atoms with Crippen LogP contribution in [0.15, 0.2) is 42.7 Å². The molecule has 2 N–H and O–H groups in total. The Kier molecular flexibility index (Phi) is 4.07. The van der Waals surface area contributed by atoms with E-state index in [4.69, 9.17) is 11.6 Å². The molecule has 2 rings (SSSR count). The zero-order chi connectivity index (χ0) is 13.8. The Hall–Kier alpha value is -2.00. The van der Waals surface area contributed by atoms with Crippen molar-refractivity contribution in [2.24, 2.45) is 0 Å². The summed E-state index contributed by atoms with van der Waals surface area (Å²) in [5, 5.41) is 6.15. The van der Waals surface area contributed by atoms with Crippen LogP contribution in [0.1, 0.15) is 27.0 Å². The summed E-state index contributed by atoms with van der Waals surface area (Å²) in [6, 6.07) is 9.29. The minimum Gasteiger partial charge on any atom is -0.308 e. The quantitative estimate of drug-likeness (QED) is 0.800. The van der Waals surface area contributed by atoms with E-state index >= 15 is 0 Å². The summed E-state index contributed by atoms with van der Waals surface area (Å²) in [6.07, 6.45) is 3.27. The maximum atomic E-state index is 12.5. The molecule has 0 aliphatic rings. The van der Waals surface area contributed by atoms with Crippen LogP contribution in [0.25, 0.3) is 0 Å². The molecular formula is C15H15ClN2O. The lowest BCUT2D eigenvalue weighted by Crippen LogP contribution is -2.04. The lowest BCUT2D eigenvalue weighted by Gasteiger charge is -2.04. The van der Waals surface area contributed by atoms with E-state index in [0.717, 1.165) is 11.1 Å². The summed E-state index contributed by atoms with van der Waals surface area (Å²) in [4.78, 5) is 12.5. The summed E-state index contributed by atoms with van der Waals surface area (Å²) in [7, 11) is 0. The summed E-state index contributed by atoms with van der Waals surface area (Å²) in [5.41, 5.74) is 3.13. The van der Waals surface area contributed by atoms with Crippen LogP contribution in [0.5, 0.6) is 0 Å². The van der Waals surface area contributed by atoms with Crippen LogP contribution in [0.3, 0.4) is 0 Å². The Balaban J connectivity index is 2.53. The summed E-state index contributed by atoms with van der Waals surface area (Å²) in [5.74, 6) is -0.0295. The number of rotatable bonds is 2. The fourth-order valence-electron chi connectivity index (χ4n) is 1.85. The van der Waals surface area contributed by atoms with Crippen LogP contribution >= 0.6 is 11.6 Å². The molecule has 0 amide bonds. The molecule has 98 valence electrons. The molecule has 3 nitrogen and oxygen atoms in total. The Morgan fingerprint density at radius 3 is 2.58 bits per heavy atom. The number of benzene rings is 1. The average Bonchev–Trinajstić information content (AvgIpc) is 2.36. The van der Waals surface area contributed by atoms with Crippen LogP contribution < -0.4 is 0 Å². The molecule has 0 radical (unpaired) electrons. The van der Waals surface area contributed by atoms with Gasteiger partial charge in [0.05, 0.1) is 5.02 Å². The smallest absolute Gasteiger partial charge is 0.194 e. The van der Waals surface area contributed by atoms with Crippen molar-refractivity contribution >= 4 is 17.4 Å². The van der Waals surface area contributed by atoms with E-state index < -0.39 is 0 Å². The van der Waals surface area contributed by atoms with E-state index in [2.05, 4.69) is 10.2 Å². The van der Waals surface area contributed by atoms with Gasteiger partial charge in [-0.2, -0.15) is 0 Å². The van der Waals surface area contributed by atoms with Gasteiger partial charge in [0, 0.05) is 23.5 Å². The number of nitrogens with one attached hydrogen (secondary N) is 2. The monoisotopic (exact) mass is 274 g/mol. The number of hydrogen-bond acceptors (Lipinski definition) is 1. The van der Waals surface area contributed by atoms with Gasteiger partial charge < -0.3 is 10.2 Å². The molecule has 0 bridgehead atoms. The number of carbonyl (C=O) groups is 1. The van der Waals surface area contributed by atoms with Crippen molar-refractivity contribution < 1.29 is 4.79 Å². The number of aromatic amines is 2. The van der Waals surface area contributed by atoms with Gasteiger partial charge in [-0.25, -0.2) is 0 Å². The molecular weight excluding hydrogens is 260 g/mol. The first kappa shape index (κ1) is 13.4. The van der Waals surface area contributed by atoms with Crippen molar-refractivity contribution in [2.45, 2.75) is 13.8 Å². The van der Waals surface area contributed by atoms with Gasteiger partial charge in [0.25, 0.3) is 0 Å². The lowest BCUT2D eigenvalue weighted by atomic mass is 10.0. The third-order valence-corrected chi connectivity index (χ3v) is 3.03. The summed E-state index contributed by atoms with van der Waals surface area (Å²) < 4.78 is 0. The molecule has 0 spiro atoms. The molecule has 1 aromatic heterocycles. The summed E-state index contributed by atoms with van der Waals surface area (Å²) >= 11 is 5.97. The Morgan fingerprint density at radius 2 is 1.84 bits per heavy atom. The molecule has 1 heterocycles. The molecule has 0 saturated carbocycles. The zero-order valence-corrected chi connectivity index (χ0v) is 11.6. The first-order valence-electron chi connectivity index (χ1n) is 5.95. The van der Waals surface area contributed by atoms with Crippen molar-refractivity contribution in [2.75, 3.05) is 0 Å². The third-order valence-electron chi connectivity index (χ3n) is 2.81. The fraction of sp³-hybridized carbons (Fsp3) is 0.133. The maximum absolute atomic E-state index is 12.5. The molecule has 2 aromatic rings. The van der Waals surface area contributed by atoms with Gasteiger partial charge in [-0.1, -0.05) is 35.4 Å². The number of H-pyrrole nitrogens is 2. The second kappa shape index (κ2) is 5.76. The topological polar surface area (TPSA) is 48.6 Å². The van der Waals surface area contributed by atoms with E-state index in [9.17, 15) is 4.79 Å². The van der Waals surface area contributed by atoms with Crippen molar-refractivity contribution in [3.05, 3.63) is 70.0 Å². The first-order valence-corrected chi connectivity index (χ1v) is 6.32. The first-order chi connectivity index (χ1) is 9.08. The van der Waals surface area contributed by atoms with Crippen molar-refractivity contribution in [3.8, 4) is 0 Å². The molecule has 0 aliphatic carbocycles. The number of aryl methyl sites for hydroxylation is 2. The molecule has 0 aliphatic heterocycles. The van der Waals surface area contributed by atoms with Crippen LogP contribution in [-0.4, -0.2) is 16.0 Å². The highest BCUT2D eigenvalue weighted by Gasteiger charge is 2.11. The van der Waals surface area contributed by atoms with E-state index in [1.807, 2.05) is 38.1 Å². The number of halogens is 1. The highest BCUT2D eigenvalue weighted by molar-refractivity contribution is 6.30. The molecule has 19 heavy (non-hydrogen) atoms. The van der Waals surface area contributed by atoms with Gasteiger partial charge >= 0.3 is 0 Å². The van der Waals surface area contributed by atoms with Crippen LogP contribution in [0, 0.1) is 13.8 Å². The Bertz CT molecular complexity index is 654. The van der Waals surface area contributed by atoms with E-state index in [0.29, 0.717) is 16.1 Å². The number of ketones is 1. The van der Waals surface area contributed by atoms with Crippen molar-refractivity contribution in [1.82, 2.24) is 10.2 Å². The van der Waals surface area contributed by atoms with Crippen LogP contribution in [0.4, 0.5) is 0 Å². The number of carbonyl (C=O) groups excluding carboxylic acids is 1. The molecule has 0 atom stereocenters.